The lowest BCUT2D eigenvalue weighted by atomic mass is 10.0. The normalized spacial score (nSPS) is 12.6. The molecule has 1 aromatic carbocycles. The summed E-state index contributed by atoms with van der Waals surface area (Å²) >= 11 is 0. The topological polar surface area (TPSA) is 0 Å². The van der Waals surface area contributed by atoms with Crippen molar-refractivity contribution in [2.45, 2.75) is 40.0 Å². The van der Waals surface area contributed by atoms with Crippen LogP contribution in [0.1, 0.15) is 39.2 Å². The van der Waals surface area contributed by atoms with Gasteiger partial charge in [-0.2, -0.15) is 0 Å². The van der Waals surface area contributed by atoms with Gasteiger partial charge in [-0.05, 0) is 44.6 Å². The van der Waals surface area contributed by atoms with E-state index in [0.717, 1.165) is 6.42 Å². The van der Waals surface area contributed by atoms with E-state index in [1.807, 2.05) is 0 Å². The van der Waals surface area contributed by atoms with E-state index in [1.165, 1.54) is 24.0 Å². The van der Waals surface area contributed by atoms with Crippen LogP contribution in [0.3, 0.4) is 0 Å². The quantitative estimate of drug-likeness (QED) is 0.589. The molecule has 0 bridgehead atoms. The first-order valence-corrected chi connectivity index (χ1v) is 6.52. The summed E-state index contributed by atoms with van der Waals surface area (Å²) < 4.78 is 0. The van der Waals surface area contributed by atoms with Crippen LogP contribution < -0.4 is 0 Å². The zero-order valence-corrected chi connectivity index (χ0v) is 11.3. The molecule has 0 heteroatoms. The molecule has 0 fully saturated rings. The van der Waals surface area contributed by atoms with Crippen LogP contribution in [0, 0.1) is 5.92 Å². The van der Waals surface area contributed by atoms with Crippen LogP contribution in [-0.2, 0) is 6.42 Å². The molecule has 0 aliphatic heterocycles. The molecule has 0 amide bonds. The van der Waals surface area contributed by atoms with Crippen LogP contribution in [0.2, 0.25) is 0 Å². The van der Waals surface area contributed by atoms with E-state index in [0.29, 0.717) is 5.92 Å². The summed E-state index contributed by atoms with van der Waals surface area (Å²) in [5.41, 5.74) is 2.81. The Bertz CT molecular complexity index is 353. The van der Waals surface area contributed by atoms with E-state index in [2.05, 4.69) is 69.3 Å². The number of allylic oxidation sites excluding steroid dienone is 4. The molecule has 1 aromatic rings. The molecule has 0 spiro atoms. The molecule has 0 saturated heterocycles. The van der Waals surface area contributed by atoms with E-state index < -0.39 is 0 Å². The highest BCUT2D eigenvalue weighted by molar-refractivity contribution is 5.17. The molecule has 0 saturated carbocycles. The molecule has 1 rings (SSSR count). The summed E-state index contributed by atoms with van der Waals surface area (Å²) in [4.78, 5) is 0. The van der Waals surface area contributed by atoms with Crippen molar-refractivity contribution < 1.29 is 0 Å². The predicted octanol–water partition coefficient (Wildman–Crippen LogP) is 5.17. The van der Waals surface area contributed by atoms with Gasteiger partial charge in [0.1, 0.15) is 0 Å². The van der Waals surface area contributed by atoms with Gasteiger partial charge in [-0.25, -0.2) is 0 Å². The molecule has 92 valence electrons. The Morgan fingerprint density at radius 1 is 1.18 bits per heavy atom. The highest BCUT2D eigenvalue weighted by Gasteiger charge is 1.95. The molecular weight excluding hydrogens is 204 g/mol. The molecule has 0 aliphatic rings. The van der Waals surface area contributed by atoms with Gasteiger partial charge >= 0.3 is 0 Å². The standard InChI is InChI=1S/C17H24/c1-15(2)9-7-10-16(3)11-8-14-17-12-5-4-6-13-17/h4-6,8-9,11-13,16H,7,10,14H2,1-3H3. The maximum Gasteiger partial charge on any atom is -0.00974 e. The van der Waals surface area contributed by atoms with E-state index in [9.17, 15) is 0 Å². The summed E-state index contributed by atoms with van der Waals surface area (Å²) in [5, 5.41) is 0. The lowest BCUT2D eigenvalue weighted by Crippen LogP contribution is -1.89. The first-order valence-electron chi connectivity index (χ1n) is 6.52. The zero-order valence-electron chi connectivity index (χ0n) is 11.3. The van der Waals surface area contributed by atoms with Gasteiger partial charge in [0.15, 0.2) is 0 Å². The van der Waals surface area contributed by atoms with Gasteiger partial charge in [-0.1, -0.05) is 61.1 Å². The van der Waals surface area contributed by atoms with Crippen LogP contribution in [0.5, 0.6) is 0 Å². The van der Waals surface area contributed by atoms with Crippen molar-refractivity contribution in [3.8, 4) is 0 Å². The average Bonchev–Trinajstić information content (AvgIpc) is 2.30. The van der Waals surface area contributed by atoms with Gasteiger partial charge < -0.3 is 0 Å². The first kappa shape index (κ1) is 13.8. The SMILES string of the molecule is CC(C)=CCCC(C)C=CCc1ccccc1. The largest absolute Gasteiger partial charge is 0.0859 e. The first-order chi connectivity index (χ1) is 8.18. The summed E-state index contributed by atoms with van der Waals surface area (Å²) in [7, 11) is 0. The molecule has 0 N–H and O–H groups in total. The second-order valence-corrected chi connectivity index (χ2v) is 4.95. The Labute approximate surface area is 106 Å². The van der Waals surface area contributed by atoms with E-state index >= 15 is 0 Å². The number of rotatable bonds is 6. The fourth-order valence-corrected chi connectivity index (χ4v) is 1.78. The molecule has 0 heterocycles. The van der Waals surface area contributed by atoms with Crippen molar-refractivity contribution in [3.05, 3.63) is 59.7 Å². The smallest absolute Gasteiger partial charge is 0.00974 e. The van der Waals surface area contributed by atoms with Crippen LogP contribution in [0.15, 0.2) is 54.1 Å². The van der Waals surface area contributed by atoms with E-state index in [1.54, 1.807) is 0 Å². The summed E-state index contributed by atoms with van der Waals surface area (Å²) in [6.07, 6.45) is 10.4. The fraction of sp³-hybridized carbons (Fsp3) is 0.412. The van der Waals surface area contributed by atoms with Gasteiger partial charge in [0.25, 0.3) is 0 Å². The van der Waals surface area contributed by atoms with Crippen LogP contribution >= 0.6 is 0 Å². The van der Waals surface area contributed by atoms with Crippen LogP contribution in [0.4, 0.5) is 0 Å². The molecule has 1 unspecified atom stereocenters. The molecule has 1 atom stereocenters. The Balaban J connectivity index is 2.26. The fourth-order valence-electron chi connectivity index (χ4n) is 1.78. The van der Waals surface area contributed by atoms with Crippen LogP contribution in [0.25, 0.3) is 0 Å². The summed E-state index contributed by atoms with van der Waals surface area (Å²) in [6.45, 7) is 6.62. The molecule has 17 heavy (non-hydrogen) atoms. The predicted molar refractivity (Wildman–Crippen MR) is 77.1 cm³/mol. The van der Waals surface area contributed by atoms with Gasteiger partial charge in [0.2, 0.25) is 0 Å². The van der Waals surface area contributed by atoms with E-state index in [-0.39, 0.29) is 0 Å². The molecule has 0 aromatic heterocycles. The molecule has 0 nitrogen and oxygen atoms in total. The maximum atomic E-state index is 2.34. The van der Waals surface area contributed by atoms with Crippen molar-refractivity contribution in [2.75, 3.05) is 0 Å². The van der Waals surface area contributed by atoms with Crippen molar-refractivity contribution in [1.29, 1.82) is 0 Å². The lowest BCUT2D eigenvalue weighted by Gasteiger charge is -2.03. The number of hydrogen-bond donors (Lipinski definition) is 0. The third-order valence-electron chi connectivity index (χ3n) is 2.84. The Morgan fingerprint density at radius 3 is 2.53 bits per heavy atom. The minimum absolute atomic E-state index is 0.675. The summed E-state index contributed by atoms with van der Waals surface area (Å²) in [6, 6.07) is 10.6. The highest BCUT2D eigenvalue weighted by Crippen LogP contribution is 2.10. The second kappa shape index (κ2) is 7.89. The monoisotopic (exact) mass is 228 g/mol. The van der Waals surface area contributed by atoms with Crippen molar-refractivity contribution >= 4 is 0 Å². The van der Waals surface area contributed by atoms with Gasteiger partial charge in [-0.15, -0.1) is 0 Å². The molecule has 0 aliphatic carbocycles. The van der Waals surface area contributed by atoms with Gasteiger partial charge in [0, 0.05) is 0 Å². The van der Waals surface area contributed by atoms with Crippen molar-refractivity contribution in [1.82, 2.24) is 0 Å². The minimum atomic E-state index is 0.675. The Hall–Kier alpha value is -1.30. The highest BCUT2D eigenvalue weighted by atomic mass is 14.0. The minimum Gasteiger partial charge on any atom is -0.0859 e. The Kier molecular flexibility index (Phi) is 6.39. The van der Waals surface area contributed by atoms with E-state index in [4.69, 9.17) is 0 Å². The van der Waals surface area contributed by atoms with Crippen molar-refractivity contribution in [2.24, 2.45) is 5.92 Å². The maximum absolute atomic E-state index is 2.34. The summed E-state index contributed by atoms with van der Waals surface area (Å²) in [5.74, 6) is 0.675. The van der Waals surface area contributed by atoms with Crippen LogP contribution in [-0.4, -0.2) is 0 Å². The van der Waals surface area contributed by atoms with Gasteiger partial charge in [0.05, 0.1) is 0 Å². The number of benzene rings is 1. The third kappa shape index (κ3) is 6.78. The van der Waals surface area contributed by atoms with Crippen molar-refractivity contribution in [3.63, 3.8) is 0 Å². The molecular formula is C17H24. The second-order valence-electron chi connectivity index (χ2n) is 4.95. The average molecular weight is 228 g/mol. The van der Waals surface area contributed by atoms with Gasteiger partial charge in [-0.3, -0.25) is 0 Å². The Morgan fingerprint density at radius 2 is 1.88 bits per heavy atom. The lowest BCUT2D eigenvalue weighted by molar-refractivity contribution is 0.654. The zero-order chi connectivity index (χ0) is 12.5. The number of hydrogen-bond acceptors (Lipinski definition) is 0. The third-order valence-corrected chi connectivity index (χ3v) is 2.84. The molecule has 0 radical (unpaired) electrons.